The summed E-state index contributed by atoms with van der Waals surface area (Å²) in [7, 11) is 0. The zero-order valence-electron chi connectivity index (χ0n) is 12.0. The van der Waals surface area contributed by atoms with E-state index in [0.29, 0.717) is 12.5 Å². The van der Waals surface area contributed by atoms with E-state index in [1.165, 1.54) is 16.7 Å². The van der Waals surface area contributed by atoms with Crippen molar-refractivity contribution in [2.45, 2.75) is 33.7 Å². The Hall–Kier alpha value is -1.35. The van der Waals surface area contributed by atoms with Crippen LogP contribution in [0.25, 0.3) is 0 Å². The molecule has 2 unspecified atom stereocenters. The Morgan fingerprint density at radius 3 is 2.74 bits per heavy atom. The number of nitrogens with zero attached hydrogens (tertiary/aromatic N) is 1. The first-order valence-corrected chi connectivity index (χ1v) is 6.97. The Morgan fingerprint density at radius 2 is 2.11 bits per heavy atom. The topological polar surface area (TPSA) is 40.5 Å². The molecule has 19 heavy (non-hydrogen) atoms. The third-order valence-corrected chi connectivity index (χ3v) is 3.98. The monoisotopic (exact) mass is 261 g/mol. The Labute approximate surface area is 115 Å². The highest BCUT2D eigenvalue weighted by molar-refractivity contribution is 5.70. The summed E-state index contributed by atoms with van der Waals surface area (Å²) in [4.78, 5) is 13.5. The Balaban J connectivity index is 2.07. The number of likely N-dealkylation sites (tertiary alicyclic amines) is 1. The van der Waals surface area contributed by atoms with Crippen LogP contribution in [0.5, 0.6) is 0 Å². The minimum atomic E-state index is -0.655. The number of hydrogen-bond donors (Lipinski definition) is 1. The number of hydrogen-bond acceptors (Lipinski definition) is 2. The first kappa shape index (κ1) is 14.1. The summed E-state index contributed by atoms with van der Waals surface area (Å²) in [6.45, 7) is 8.90. The van der Waals surface area contributed by atoms with E-state index >= 15 is 0 Å². The third-order valence-electron chi connectivity index (χ3n) is 3.98. The number of aliphatic carboxylic acids is 1. The zero-order valence-corrected chi connectivity index (χ0v) is 12.0. The molecule has 0 aliphatic carbocycles. The minimum Gasteiger partial charge on any atom is -0.481 e. The van der Waals surface area contributed by atoms with E-state index in [4.69, 9.17) is 0 Å². The predicted molar refractivity (Wildman–Crippen MR) is 76.1 cm³/mol. The van der Waals surface area contributed by atoms with E-state index in [9.17, 15) is 9.90 Å². The van der Waals surface area contributed by atoms with Crippen molar-refractivity contribution in [2.75, 3.05) is 13.1 Å². The first-order chi connectivity index (χ1) is 8.95. The first-order valence-electron chi connectivity index (χ1n) is 6.97. The van der Waals surface area contributed by atoms with Crippen molar-refractivity contribution in [3.63, 3.8) is 0 Å². The van der Waals surface area contributed by atoms with Crippen LogP contribution in [0.4, 0.5) is 0 Å². The molecule has 3 nitrogen and oxygen atoms in total. The van der Waals surface area contributed by atoms with Gasteiger partial charge in [-0.3, -0.25) is 9.69 Å². The van der Waals surface area contributed by atoms with Gasteiger partial charge in [0.05, 0.1) is 5.92 Å². The molecule has 1 saturated heterocycles. The molecule has 1 heterocycles. The van der Waals surface area contributed by atoms with Crippen LogP contribution in [0.2, 0.25) is 0 Å². The summed E-state index contributed by atoms with van der Waals surface area (Å²) in [6, 6.07) is 6.49. The molecule has 3 heteroatoms. The largest absolute Gasteiger partial charge is 0.481 e. The molecule has 104 valence electrons. The fraction of sp³-hybridized carbons (Fsp3) is 0.562. The molecule has 0 radical (unpaired) electrons. The molecule has 0 spiro atoms. The van der Waals surface area contributed by atoms with Gasteiger partial charge in [-0.2, -0.15) is 0 Å². The summed E-state index contributed by atoms with van der Waals surface area (Å²) in [5.74, 6) is -0.410. The molecular weight excluding hydrogens is 238 g/mol. The Bertz CT molecular complexity index is 470. The second-order valence-corrected chi connectivity index (χ2v) is 6.00. The van der Waals surface area contributed by atoms with Crippen molar-refractivity contribution >= 4 is 5.97 Å². The van der Waals surface area contributed by atoms with E-state index in [2.05, 4.69) is 43.9 Å². The SMILES string of the molecule is Cc1ccc(CN2CC(C)CC(C(=O)O)C2)c(C)c1. The van der Waals surface area contributed by atoms with Crippen molar-refractivity contribution in [3.05, 3.63) is 34.9 Å². The van der Waals surface area contributed by atoms with Gasteiger partial charge in [0, 0.05) is 19.6 Å². The maximum absolute atomic E-state index is 11.2. The third kappa shape index (κ3) is 3.57. The van der Waals surface area contributed by atoms with Crippen LogP contribution in [0, 0.1) is 25.7 Å². The lowest BCUT2D eigenvalue weighted by Crippen LogP contribution is -2.42. The van der Waals surface area contributed by atoms with E-state index in [1.807, 2.05) is 0 Å². The number of carboxylic acids is 1. The fourth-order valence-corrected chi connectivity index (χ4v) is 3.03. The summed E-state index contributed by atoms with van der Waals surface area (Å²) < 4.78 is 0. The molecule has 1 aromatic carbocycles. The van der Waals surface area contributed by atoms with E-state index in [1.54, 1.807) is 0 Å². The van der Waals surface area contributed by atoms with E-state index in [0.717, 1.165) is 19.5 Å². The molecule has 0 saturated carbocycles. The second-order valence-electron chi connectivity index (χ2n) is 6.00. The molecule has 1 aromatic rings. The van der Waals surface area contributed by atoms with Crippen molar-refractivity contribution in [3.8, 4) is 0 Å². The molecule has 0 amide bonds. The Morgan fingerprint density at radius 1 is 1.37 bits per heavy atom. The highest BCUT2D eigenvalue weighted by Gasteiger charge is 2.29. The van der Waals surface area contributed by atoms with E-state index < -0.39 is 5.97 Å². The molecular formula is C16H23NO2. The molecule has 2 atom stereocenters. The van der Waals surface area contributed by atoms with Crippen molar-refractivity contribution < 1.29 is 9.90 Å². The van der Waals surface area contributed by atoms with Gasteiger partial charge in [0.1, 0.15) is 0 Å². The molecule has 1 aliphatic heterocycles. The van der Waals surface area contributed by atoms with Crippen molar-refractivity contribution in [1.82, 2.24) is 4.90 Å². The number of benzene rings is 1. The normalized spacial score (nSPS) is 24.4. The number of rotatable bonds is 3. The van der Waals surface area contributed by atoms with Crippen molar-refractivity contribution in [1.29, 1.82) is 0 Å². The van der Waals surface area contributed by atoms with Crippen LogP contribution in [-0.2, 0) is 11.3 Å². The number of carbonyl (C=O) groups is 1. The van der Waals surface area contributed by atoms with Gasteiger partial charge in [-0.1, -0.05) is 30.7 Å². The maximum atomic E-state index is 11.2. The average molecular weight is 261 g/mol. The van der Waals surface area contributed by atoms with Crippen LogP contribution in [0.1, 0.15) is 30.0 Å². The summed E-state index contributed by atoms with van der Waals surface area (Å²) in [5.41, 5.74) is 3.88. The van der Waals surface area contributed by atoms with Gasteiger partial charge in [-0.15, -0.1) is 0 Å². The minimum absolute atomic E-state index is 0.213. The lowest BCUT2D eigenvalue weighted by atomic mass is 9.90. The summed E-state index contributed by atoms with van der Waals surface area (Å²) in [6.07, 6.45) is 0.804. The second kappa shape index (κ2) is 5.74. The summed E-state index contributed by atoms with van der Waals surface area (Å²) in [5, 5.41) is 9.20. The van der Waals surface area contributed by atoms with Gasteiger partial charge in [-0.25, -0.2) is 0 Å². The number of piperidine rings is 1. The van der Waals surface area contributed by atoms with Crippen LogP contribution >= 0.6 is 0 Å². The lowest BCUT2D eigenvalue weighted by molar-refractivity contribution is -0.144. The van der Waals surface area contributed by atoms with Crippen LogP contribution in [0.15, 0.2) is 18.2 Å². The fourth-order valence-electron chi connectivity index (χ4n) is 3.03. The molecule has 0 bridgehead atoms. The van der Waals surface area contributed by atoms with Gasteiger partial charge in [0.25, 0.3) is 0 Å². The van der Waals surface area contributed by atoms with Gasteiger partial charge in [0.2, 0.25) is 0 Å². The van der Waals surface area contributed by atoms with Gasteiger partial charge in [-0.05, 0) is 37.3 Å². The Kier molecular flexibility index (Phi) is 4.25. The average Bonchev–Trinajstić information content (AvgIpc) is 2.32. The smallest absolute Gasteiger partial charge is 0.307 e. The zero-order chi connectivity index (χ0) is 14.0. The number of carboxylic acid groups (broad SMARTS) is 1. The molecule has 0 aromatic heterocycles. The maximum Gasteiger partial charge on any atom is 0.307 e. The van der Waals surface area contributed by atoms with E-state index in [-0.39, 0.29) is 5.92 Å². The standard InChI is InChI=1S/C16H23NO2/c1-11-4-5-14(13(3)6-11)9-17-8-12(2)7-15(10-17)16(18)19/h4-6,12,15H,7-10H2,1-3H3,(H,18,19). The van der Waals surface area contributed by atoms with Gasteiger partial charge >= 0.3 is 5.97 Å². The van der Waals surface area contributed by atoms with Crippen molar-refractivity contribution in [2.24, 2.45) is 11.8 Å². The molecule has 1 N–H and O–H groups in total. The molecule has 1 fully saturated rings. The van der Waals surface area contributed by atoms with Gasteiger partial charge < -0.3 is 5.11 Å². The van der Waals surface area contributed by atoms with Gasteiger partial charge in [0.15, 0.2) is 0 Å². The molecule has 1 aliphatic rings. The number of aryl methyl sites for hydroxylation is 2. The lowest BCUT2D eigenvalue weighted by Gasteiger charge is -2.35. The quantitative estimate of drug-likeness (QED) is 0.909. The van der Waals surface area contributed by atoms with Crippen LogP contribution < -0.4 is 0 Å². The highest BCUT2D eigenvalue weighted by atomic mass is 16.4. The highest BCUT2D eigenvalue weighted by Crippen LogP contribution is 2.24. The molecule has 2 rings (SSSR count). The summed E-state index contributed by atoms with van der Waals surface area (Å²) >= 11 is 0. The van der Waals surface area contributed by atoms with Crippen LogP contribution in [0.3, 0.4) is 0 Å². The van der Waals surface area contributed by atoms with Crippen LogP contribution in [-0.4, -0.2) is 29.1 Å². The predicted octanol–water partition coefficient (Wildman–Crippen LogP) is 2.85.